The molecule has 3 aromatic carbocycles. The number of anilines is 1. The fraction of sp³-hybridized carbons (Fsp3) is 0.357. The molecule has 2 atom stereocenters. The highest BCUT2D eigenvalue weighted by molar-refractivity contribution is 6.35. The molecule has 37 heavy (non-hydrogen) atoms. The smallest absolute Gasteiger partial charge is 0.319 e. The average Bonchev–Trinajstić information content (AvgIpc) is 3.23. The summed E-state index contributed by atoms with van der Waals surface area (Å²) in [7, 11) is 0. The van der Waals surface area contributed by atoms with E-state index in [1.165, 1.54) is 0 Å². The minimum Gasteiger partial charge on any atom is -0.508 e. The number of nitrogens with one attached hydrogen (secondary N) is 1. The molecule has 0 spiro atoms. The molecule has 0 aliphatic carbocycles. The summed E-state index contributed by atoms with van der Waals surface area (Å²) >= 11 is 6.78. The number of phenols is 1. The van der Waals surface area contributed by atoms with Gasteiger partial charge in [0.15, 0.2) is 5.82 Å². The minimum atomic E-state index is -0.563. The van der Waals surface area contributed by atoms with Gasteiger partial charge in [0.1, 0.15) is 17.1 Å². The molecule has 0 saturated carbocycles. The number of piperazine rings is 1. The fourth-order valence-corrected chi connectivity index (χ4v) is 5.89. The fourth-order valence-electron chi connectivity index (χ4n) is 5.59. The van der Waals surface area contributed by atoms with Gasteiger partial charge < -0.3 is 25.8 Å². The standard InChI is InChI=1S/C28H29ClFN5O2/c29-23-13-22-26(25(30)24(23)21-12-19(36)11-16-5-1-2-6-20(16)21)33-28(37-10-4-3-9-31)34-27(22)35-14-17-7-8-18(15-35)32-17/h1-2,5-6,11-13,17-18,32,36H,3-4,7-10,14-15,31H2/t17-,18+. The lowest BCUT2D eigenvalue weighted by Gasteiger charge is -2.34. The van der Waals surface area contributed by atoms with E-state index in [0.717, 1.165) is 49.5 Å². The quantitative estimate of drug-likeness (QED) is 0.294. The monoisotopic (exact) mass is 521 g/mol. The predicted octanol–water partition coefficient (Wildman–Crippen LogP) is 5.01. The van der Waals surface area contributed by atoms with Crippen LogP contribution in [-0.2, 0) is 0 Å². The van der Waals surface area contributed by atoms with Crippen LogP contribution in [0.3, 0.4) is 0 Å². The van der Waals surface area contributed by atoms with Gasteiger partial charge in [-0.1, -0.05) is 35.9 Å². The molecule has 0 amide bonds. The van der Waals surface area contributed by atoms with E-state index < -0.39 is 5.82 Å². The minimum absolute atomic E-state index is 0.0351. The van der Waals surface area contributed by atoms with Crippen molar-refractivity contribution in [2.75, 3.05) is 31.1 Å². The molecular formula is C28H29ClFN5O2. The van der Waals surface area contributed by atoms with Crippen molar-refractivity contribution in [3.63, 3.8) is 0 Å². The summed E-state index contributed by atoms with van der Waals surface area (Å²) < 4.78 is 22.3. The highest BCUT2D eigenvalue weighted by Crippen LogP contribution is 2.42. The van der Waals surface area contributed by atoms with Crippen LogP contribution in [0, 0.1) is 5.82 Å². The second-order valence-corrected chi connectivity index (χ2v) is 10.3. The molecule has 0 unspecified atom stereocenters. The van der Waals surface area contributed by atoms with E-state index in [1.54, 1.807) is 18.2 Å². The van der Waals surface area contributed by atoms with Crippen molar-refractivity contribution in [2.45, 2.75) is 37.8 Å². The van der Waals surface area contributed by atoms with Gasteiger partial charge in [0.25, 0.3) is 0 Å². The van der Waals surface area contributed by atoms with Crippen LogP contribution in [-0.4, -0.2) is 53.4 Å². The number of aromatic hydroxyl groups is 1. The third-order valence-corrected chi connectivity index (χ3v) is 7.60. The summed E-state index contributed by atoms with van der Waals surface area (Å²) in [5.41, 5.74) is 6.46. The molecule has 2 aliphatic heterocycles. The van der Waals surface area contributed by atoms with Crippen LogP contribution in [0.1, 0.15) is 25.7 Å². The van der Waals surface area contributed by atoms with Crippen molar-refractivity contribution in [2.24, 2.45) is 5.73 Å². The zero-order valence-corrected chi connectivity index (χ0v) is 21.1. The van der Waals surface area contributed by atoms with E-state index in [9.17, 15) is 5.11 Å². The number of rotatable bonds is 7. The molecule has 2 aliphatic rings. The van der Waals surface area contributed by atoms with Crippen molar-refractivity contribution in [1.82, 2.24) is 15.3 Å². The number of aromatic nitrogens is 2. The van der Waals surface area contributed by atoms with Crippen LogP contribution in [0.4, 0.5) is 10.2 Å². The first-order valence-corrected chi connectivity index (χ1v) is 13.2. The number of phenolic OH excluding ortho intramolecular Hbond substituents is 1. The topological polar surface area (TPSA) is 96.5 Å². The maximum atomic E-state index is 16.5. The Morgan fingerprint density at radius 2 is 1.86 bits per heavy atom. The Kier molecular flexibility index (Phi) is 6.48. The summed E-state index contributed by atoms with van der Waals surface area (Å²) in [6.07, 6.45) is 3.79. The molecular weight excluding hydrogens is 493 g/mol. The first-order chi connectivity index (χ1) is 18.0. The summed E-state index contributed by atoms with van der Waals surface area (Å²) in [5, 5.41) is 16.4. The SMILES string of the molecule is NCCCCOc1nc(N2C[C@H]3CC[C@@H](C2)N3)c2cc(Cl)c(-c3cc(O)cc4ccccc34)c(F)c2n1. The summed E-state index contributed by atoms with van der Waals surface area (Å²) in [5.74, 6) is 0.102. The number of nitrogens with zero attached hydrogens (tertiary/aromatic N) is 3. The second-order valence-electron chi connectivity index (χ2n) is 9.87. The molecule has 0 radical (unpaired) electrons. The Bertz CT molecular complexity index is 1470. The third kappa shape index (κ3) is 4.54. The Labute approximate surface area is 219 Å². The molecule has 3 heterocycles. The number of hydrogen-bond acceptors (Lipinski definition) is 7. The van der Waals surface area contributed by atoms with Crippen LogP contribution < -0.4 is 20.7 Å². The van der Waals surface area contributed by atoms with Gasteiger partial charge in [-0.15, -0.1) is 0 Å². The van der Waals surface area contributed by atoms with Crippen LogP contribution in [0.5, 0.6) is 11.8 Å². The zero-order valence-electron chi connectivity index (χ0n) is 20.4. The molecule has 2 saturated heterocycles. The van der Waals surface area contributed by atoms with Crippen LogP contribution in [0.2, 0.25) is 5.02 Å². The van der Waals surface area contributed by atoms with Gasteiger partial charge in [0.05, 0.1) is 11.6 Å². The number of halogens is 2. The van der Waals surface area contributed by atoms with Crippen molar-refractivity contribution < 1.29 is 14.2 Å². The number of unbranched alkanes of at least 4 members (excludes halogenated alkanes) is 1. The number of benzene rings is 3. The van der Waals surface area contributed by atoms with Crippen molar-refractivity contribution >= 4 is 39.1 Å². The van der Waals surface area contributed by atoms with Gasteiger partial charge in [-0.25, -0.2) is 4.39 Å². The van der Waals surface area contributed by atoms with Gasteiger partial charge in [0.2, 0.25) is 0 Å². The van der Waals surface area contributed by atoms with Crippen LogP contribution in [0.15, 0.2) is 42.5 Å². The Morgan fingerprint density at radius 1 is 1.08 bits per heavy atom. The van der Waals surface area contributed by atoms with E-state index in [2.05, 4.69) is 15.2 Å². The van der Waals surface area contributed by atoms with Gasteiger partial charge >= 0.3 is 6.01 Å². The molecule has 1 aromatic heterocycles. The molecule has 7 nitrogen and oxygen atoms in total. The highest BCUT2D eigenvalue weighted by Gasteiger charge is 2.34. The normalized spacial score (nSPS) is 19.2. The first-order valence-electron chi connectivity index (χ1n) is 12.8. The van der Waals surface area contributed by atoms with Gasteiger partial charge in [-0.3, -0.25) is 0 Å². The Hall–Kier alpha value is -3.20. The van der Waals surface area contributed by atoms with Gasteiger partial charge in [-0.2, -0.15) is 9.97 Å². The maximum absolute atomic E-state index is 16.5. The number of nitrogens with two attached hydrogens (primary N) is 1. The van der Waals surface area contributed by atoms with E-state index in [1.807, 2.05) is 24.3 Å². The summed E-state index contributed by atoms with van der Waals surface area (Å²) in [6.45, 7) is 2.51. The van der Waals surface area contributed by atoms with E-state index >= 15 is 4.39 Å². The van der Waals surface area contributed by atoms with Crippen LogP contribution >= 0.6 is 11.6 Å². The molecule has 2 bridgehead atoms. The van der Waals surface area contributed by atoms with Gasteiger partial charge in [-0.05, 0) is 66.8 Å². The Morgan fingerprint density at radius 3 is 2.65 bits per heavy atom. The maximum Gasteiger partial charge on any atom is 0.319 e. The lowest BCUT2D eigenvalue weighted by Crippen LogP contribution is -2.51. The van der Waals surface area contributed by atoms with E-state index in [-0.39, 0.29) is 27.9 Å². The molecule has 4 aromatic rings. The van der Waals surface area contributed by atoms with Crippen molar-refractivity contribution in [3.05, 3.63) is 53.3 Å². The van der Waals surface area contributed by atoms with Gasteiger partial charge in [0, 0.05) is 36.1 Å². The first kappa shape index (κ1) is 24.2. The predicted molar refractivity (Wildman–Crippen MR) is 145 cm³/mol. The summed E-state index contributed by atoms with van der Waals surface area (Å²) in [4.78, 5) is 11.4. The second kappa shape index (κ2) is 9.93. The highest BCUT2D eigenvalue weighted by atomic mass is 35.5. The number of fused-ring (bicyclic) bond motifs is 4. The molecule has 4 N–H and O–H groups in total. The Balaban J connectivity index is 1.53. The average molecular weight is 522 g/mol. The zero-order chi connectivity index (χ0) is 25.5. The van der Waals surface area contributed by atoms with Crippen molar-refractivity contribution in [1.29, 1.82) is 0 Å². The number of hydrogen-bond donors (Lipinski definition) is 3. The van der Waals surface area contributed by atoms with Crippen molar-refractivity contribution in [3.8, 4) is 22.9 Å². The van der Waals surface area contributed by atoms with Crippen LogP contribution in [0.25, 0.3) is 32.8 Å². The molecule has 192 valence electrons. The molecule has 9 heteroatoms. The van der Waals surface area contributed by atoms with E-state index in [0.29, 0.717) is 42.0 Å². The summed E-state index contributed by atoms with van der Waals surface area (Å²) in [6, 6.07) is 13.3. The third-order valence-electron chi connectivity index (χ3n) is 7.30. The number of ether oxygens (including phenoxy) is 1. The lowest BCUT2D eigenvalue weighted by molar-refractivity contribution is 0.285. The van der Waals surface area contributed by atoms with E-state index in [4.69, 9.17) is 27.1 Å². The largest absolute Gasteiger partial charge is 0.508 e. The molecule has 6 rings (SSSR count). The molecule has 2 fully saturated rings. The lowest BCUT2D eigenvalue weighted by atomic mass is 9.96.